The summed E-state index contributed by atoms with van der Waals surface area (Å²) in [6.07, 6.45) is 0.675. The first-order chi connectivity index (χ1) is 12.7. The molecule has 0 aliphatic heterocycles. The number of carbonyl (C=O) groups excluding carboxylic acids is 1. The molecule has 0 radical (unpaired) electrons. The van der Waals surface area contributed by atoms with E-state index < -0.39 is 21.7 Å². The minimum Gasteiger partial charge on any atom is -0.484 e. The average molecular weight is 415 g/mol. The minimum atomic E-state index is -3.60. The Morgan fingerprint density at radius 2 is 1.89 bits per heavy atom. The van der Waals surface area contributed by atoms with E-state index in [1.807, 2.05) is 6.92 Å². The van der Waals surface area contributed by atoms with Gasteiger partial charge in [0.1, 0.15) is 11.6 Å². The molecular weight excluding hydrogens is 395 g/mol. The van der Waals surface area contributed by atoms with Crippen molar-refractivity contribution in [3.63, 3.8) is 0 Å². The first-order valence-corrected chi connectivity index (χ1v) is 10.1. The van der Waals surface area contributed by atoms with Crippen molar-refractivity contribution in [2.24, 2.45) is 0 Å². The molecule has 1 amide bonds. The molecule has 2 aromatic carbocycles. The summed E-state index contributed by atoms with van der Waals surface area (Å²) in [5.41, 5.74) is 0.340. The molecule has 2 aromatic rings. The summed E-state index contributed by atoms with van der Waals surface area (Å²) in [6, 6.07) is 9.37. The van der Waals surface area contributed by atoms with Crippen LogP contribution < -0.4 is 14.8 Å². The number of hydrogen-bond acceptors (Lipinski definition) is 4. The molecule has 0 saturated carbocycles. The maximum Gasteiger partial charge on any atom is 0.262 e. The number of anilines is 1. The molecule has 0 aromatic heterocycles. The van der Waals surface area contributed by atoms with Crippen LogP contribution in [-0.4, -0.2) is 27.0 Å². The predicted octanol–water partition coefficient (Wildman–Crippen LogP) is 3.57. The Morgan fingerprint density at radius 3 is 2.48 bits per heavy atom. The van der Waals surface area contributed by atoms with Crippen LogP contribution in [0.15, 0.2) is 47.4 Å². The normalized spacial score (nSPS) is 12.4. The van der Waals surface area contributed by atoms with Gasteiger partial charge in [-0.2, -0.15) is 0 Å². The van der Waals surface area contributed by atoms with Crippen molar-refractivity contribution < 1.29 is 22.3 Å². The minimum absolute atomic E-state index is 0.100. The quantitative estimate of drug-likeness (QED) is 0.691. The first kappa shape index (κ1) is 21.1. The SMILES string of the molecule is CC[C@@H](C)NS(=O)(=O)c1ccc(OCC(=O)Nc2ccc(F)c(Cl)c2)cc1. The second kappa shape index (κ2) is 9.16. The van der Waals surface area contributed by atoms with Crippen LogP contribution in [0.25, 0.3) is 0 Å². The van der Waals surface area contributed by atoms with E-state index in [0.29, 0.717) is 17.9 Å². The summed E-state index contributed by atoms with van der Waals surface area (Å²) in [4.78, 5) is 12.0. The van der Waals surface area contributed by atoms with Crippen molar-refractivity contribution >= 4 is 33.2 Å². The van der Waals surface area contributed by atoms with Crippen LogP contribution in [0.3, 0.4) is 0 Å². The molecule has 0 bridgehead atoms. The van der Waals surface area contributed by atoms with E-state index >= 15 is 0 Å². The number of rotatable bonds is 8. The Bertz CT molecular complexity index is 904. The molecule has 0 unspecified atom stereocenters. The standard InChI is InChI=1S/C18H20ClFN2O4S/c1-3-12(2)22-27(24,25)15-7-5-14(6-8-15)26-11-18(23)21-13-4-9-17(20)16(19)10-13/h4-10,12,22H,3,11H2,1-2H3,(H,21,23)/t12-/m1/s1. The smallest absolute Gasteiger partial charge is 0.262 e. The van der Waals surface area contributed by atoms with Gasteiger partial charge in [0, 0.05) is 11.7 Å². The van der Waals surface area contributed by atoms with Crippen molar-refractivity contribution in [2.45, 2.75) is 31.2 Å². The summed E-state index contributed by atoms with van der Waals surface area (Å²) in [5, 5.41) is 2.42. The molecule has 0 heterocycles. The monoisotopic (exact) mass is 414 g/mol. The lowest BCUT2D eigenvalue weighted by Crippen LogP contribution is -2.31. The zero-order valence-corrected chi connectivity index (χ0v) is 16.4. The second-order valence-corrected chi connectivity index (χ2v) is 7.99. The molecule has 0 aliphatic rings. The van der Waals surface area contributed by atoms with Crippen molar-refractivity contribution in [3.8, 4) is 5.75 Å². The Labute approximate surface area is 162 Å². The highest BCUT2D eigenvalue weighted by Gasteiger charge is 2.16. The van der Waals surface area contributed by atoms with Gasteiger partial charge in [-0.3, -0.25) is 4.79 Å². The topological polar surface area (TPSA) is 84.5 Å². The molecular formula is C18H20ClFN2O4S. The number of benzene rings is 2. The summed E-state index contributed by atoms with van der Waals surface area (Å²) >= 11 is 5.65. The zero-order chi connectivity index (χ0) is 20.0. The van der Waals surface area contributed by atoms with Crippen LogP contribution in [0.2, 0.25) is 5.02 Å². The average Bonchev–Trinajstić information content (AvgIpc) is 2.63. The maximum atomic E-state index is 13.1. The van der Waals surface area contributed by atoms with Crippen LogP contribution in [0, 0.1) is 5.82 Å². The van der Waals surface area contributed by atoms with Crippen molar-refractivity contribution in [1.29, 1.82) is 0 Å². The van der Waals surface area contributed by atoms with Gasteiger partial charge in [-0.1, -0.05) is 18.5 Å². The van der Waals surface area contributed by atoms with Crippen LogP contribution in [-0.2, 0) is 14.8 Å². The third-order valence-electron chi connectivity index (χ3n) is 3.68. The van der Waals surface area contributed by atoms with Gasteiger partial charge in [0.15, 0.2) is 6.61 Å². The number of nitrogens with one attached hydrogen (secondary N) is 2. The highest BCUT2D eigenvalue weighted by molar-refractivity contribution is 7.89. The van der Waals surface area contributed by atoms with Gasteiger partial charge in [0.05, 0.1) is 9.92 Å². The molecule has 1 atom stereocenters. The number of amides is 1. The zero-order valence-electron chi connectivity index (χ0n) is 14.8. The van der Waals surface area contributed by atoms with Crippen molar-refractivity contribution in [3.05, 3.63) is 53.3 Å². The molecule has 2 N–H and O–H groups in total. The van der Waals surface area contributed by atoms with E-state index in [9.17, 15) is 17.6 Å². The predicted molar refractivity (Wildman–Crippen MR) is 102 cm³/mol. The summed E-state index contributed by atoms with van der Waals surface area (Å²) in [7, 11) is -3.60. The van der Waals surface area contributed by atoms with E-state index in [4.69, 9.17) is 16.3 Å². The van der Waals surface area contributed by atoms with Gasteiger partial charge < -0.3 is 10.1 Å². The maximum absolute atomic E-state index is 13.1. The van der Waals surface area contributed by atoms with E-state index in [2.05, 4.69) is 10.0 Å². The number of carbonyl (C=O) groups is 1. The van der Waals surface area contributed by atoms with Crippen LogP contribution in [0.4, 0.5) is 10.1 Å². The molecule has 9 heteroatoms. The summed E-state index contributed by atoms with van der Waals surface area (Å²) in [5.74, 6) is -0.707. The van der Waals surface area contributed by atoms with Gasteiger partial charge >= 0.3 is 0 Å². The first-order valence-electron chi connectivity index (χ1n) is 8.21. The number of hydrogen-bond donors (Lipinski definition) is 2. The van der Waals surface area contributed by atoms with Crippen LogP contribution in [0.5, 0.6) is 5.75 Å². The molecule has 2 rings (SSSR count). The Kier molecular flexibility index (Phi) is 7.18. The fraction of sp³-hybridized carbons (Fsp3) is 0.278. The Balaban J connectivity index is 1.92. The number of ether oxygens (including phenoxy) is 1. The van der Waals surface area contributed by atoms with Crippen LogP contribution >= 0.6 is 11.6 Å². The van der Waals surface area contributed by atoms with E-state index in [-0.39, 0.29) is 22.6 Å². The molecule has 0 saturated heterocycles. The number of halogens is 2. The van der Waals surface area contributed by atoms with Gasteiger partial charge in [-0.05, 0) is 55.8 Å². The van der Waals surface area contributed by atoms with Crippen LogP contribution in [0.1, 0.15) is 20.3 Å². The summed E-state index contributed by atoms with van der Waals surface area (Å²) in [6.45, 7) is 3.36. The van der Waals surface area contributed by atoms with Crippen molar-refractivity contribution in [2.75, 3.05) is 11.9 Å². The fourth-order valence-corrected chi connectivity index (χ4v) is 3.56. The third-order valence-corrected chi connectivity index (χ3v) is 5.57. The molecule has 146 valence electrons. The lowest BCUT2D eigenvalue weighted by atomic mass is 10.3. The molecule has 0 fully saturated rings. The third kappa shape index (κ3) is 6.20. The molecule has 6 nitrogen and oxygen atoms in total. The molecule has 0 aliphatic carbocycles. The van der Waals surface area contributed by atoms with Gasteiger partial charge in [-0.15, -0.1) is 0 Å². The second-order valence-electron chi connectivity index (χ2n) is 5.87. The largest absolute Gasteiger partial charge is 0.484 e. The van der Waals surface area contributed by atoms with Gasteiger partial charge in [0.2, 0.25) is 10.0 Å². The lowest BCUT2D eigenvalue weighted by molar-refractivity contribution is -0.118. The Morgan fingerprint density at radius 1 is 1.22 bits per heavy atom. The van der Waals surface area contributed by atoms with E-state index in [0.717, 1.165) is 6.07 Å². The van der Waals surface area contributed by atoms with E-state index in [1.165, 1.54) is 36.4 Å². The molecule has 0 spiro atoms. The fourth-order valence-electron chi connectivity index (χ4n) is 2.05. The summed E-state index contributed by atoms with van der Waals surface area (Å²) < 4.78 is 45.3. The van der Waals surface area contributed by atoms with Gasteiger partial charge in [0.25, 0.3) is 5.91 Å². The highest BCUT2D eigenvalue weighted by atomic mass is 35.5. The van der Waals surface area contributed by atoms with E-state index in [1.54, 1.807) is 6.92 Å². The Hall–Kier alpha value is -2.16. The molecule has 27 heavy (non-hydrogen) atoms. The number of sulfonamides is 1. The van der Waals surface area contributed by atoms with Crippen molar-refractivity contribution in [1.82, 2.24) is 4.72 Å². The lowest BCUT2D eigenvalue weighted by Gasteiger charge is -2.12. The highest BCUT2D eigenvalue weighted by Crippen LogP contribution is 2.20. The van der Waals surface area contributed by atoms with Gasteiger partial charge in [-0.25, -0.2) is 17.5 Å².